The minimum Gasteiger partial charge on any atom is -0.507 e. The summed E-state index contributed by atoms with van der Waals surface area (Å²) in [6, 6.07) is 4.29. The molecule has 2 rings (SSSR count). The average Bonchev–Trinajstić information content (AvgIpc) is 2.81. The summed E-state index contributed by atoms with van der Waals surface area (Å²) in [6.07, 6.45) is 2.04. The smallest absolute Gasteiger partial charge is 0.122 e. The van der Waals surface area contributed by atoms with Gasteiger partial charge in [0.05, 0.1) is 0 Å². The van der Waals surface area contributed by atoms with Crippen molar-refractivity contribution in [3.05, 3.63) is 28.8 Å². The van der Waals surface area contributed by atoms with Crippen LogP contribution in [-0.2, 0) is 6.42 Å². The summed E-state index contributed by atoms with van der Waals surface area (Å²) in [7, 11) is 0. The Morgan fingerprint density at radius 2 is 2.18 bits per heavy atom. The van der Waals surface area contributed by atoms with Gasteiger partial charge < -0.3 is 10.4 Å². The van der Waals surface area contributed by atoms with Crippen LogP contribution in [0.5, 0.6) is 5.75 Å². The maximum Gasteiger partial charge on any atom is 0.122 e. The molecule has 2 nitrogen and oxygen atoms in total. The van der Waals surface area contributed by atoms with E-state index in [-0.39, 0.29) is 0 Å². The van der Waals surface area contributed by atoms with Gasteiger partial charge in [0, 0.05) is 18.0 Å². The second-order valence-electron chi connectivity index (χ2n) is 5.27. The van der Waals surface area contributed by atoms with Gasteiger partial charge in [0.25, 0.3) is 0 Å². The molecule has 94 valence electrons. The van der Waals surface area contributed by atoms with Gasteiger partial charge >= 0.3 is 0 Å². The molecule has 1 aromatic rings. The molecule has 1 aromatic carbocycles. The molecule has 0 amide bonds. The van der Waals surface area contributed by atoms with Gasteiger partial charge in [0.2, 0.25) is 0 Å². The van der Waals surface area contributed by atoms with Gasteiger partial charge in [-0.2, -0.15) is 0 Å². The molecule has 0 bridgehead atoms. The third-order valence-corrected chi connectivity index (χ3v) is 3.81. The van der Waals surface area contributed by atoms with Gasteiger partial charge in [-0.3, -0.25) is 0 Å². The van der Waals surface area contributed by atoms with Crippen LogP contribution in [0.2, 0.25) is 0 Å². The van der Waals surface area contributed by atoms with Crippen LogP contribution < -0.4 is 5.32 Å². The Balaban J connectivity index is 2.50. The van der Waals surface area contributed by atoms with E-state index < -0.39 is 0 Å². The van der Waals surface area contributed by atoms with Crippen LogP contribution >= 0.6 is 0 Å². The van der Waals surface area contributed by atoms with Crippen LogP contribution in [0, 0.1) is 0 Å². The van der Waals surface area contributed by atoms with Gasteiger partial charge in [-0.15, -0.1) is 0 Å². The van der Waals surface area contributed by atoms with E-state index in [2.05, 4.69) is 38.2 Å². The number of aromatic hydroxyl groups is 1. The lowest BCUT2D eigenvalue weighted by atomic mass is 9.85. The van der Waals surface area contributed by atoms with E-state index in [4.69, 9.17) is 0 Å². The van der Waals surface area contributed by atoms with E-state index in [0.29, 0.717) is 17.6 Å². The normalized spacial score (nSPS) is 20.1. The lowest BCUT2D eigenvalue weighted by molar-refractivity contribution is 0.454. The van der Waals surface area contributed by atoms with Crippen molar-refractivity contribution in [2.24, 2.45) is 0 Å². The molecule has 1 fully saturated rings. The summed E-state index contributed by atoms with van der Waals surface area (Å²) in [5, 5.41) is 13.8. The summed E-state index contributed by atoms with van der Waals surface area (Å²) < 4.78 is 0. The van der Waals surface area contributed by atoms with Gasteiger partial charge in [0.1, 0.15) is 5.75 Å². The second-order valence-corrected chi connectivity index (χ2v) is 5.27. The number of hydrogen-bond donors (Lipinski definition) is 2. The predicted molar refractivity (Wildman–Crippen MR) is 71.8 cm³/mol. The maximum atomic E-state index is 10.5. The van der Waals surface area contributed by atoms with Crippen LogP contribution in [0.3, 0.4) is 0 Å². The molecule has 0 radical (unpaired) electrons. The Bertz CT molecular complexity index is 392. The van der Waals surface area contributed by atoms with Gasteiger partial charge in [-0.05, 0) is 36.4 Å². The molecule has 0 aliphatic carbocycles. The molecule has 1 aliphatic heterocycles. The van der Waals surface area contributed by atoms with Crippen LogP contribution in [0.15, 0.2) is 12.1 Å². The maximum absolute atomic E-state index is 10.5. The first kappa shape index (κ1) is 12.4. The first-order valence-electron chi connectivity index (χ1n) is 6.70. The molecule has 1 heterocycles. The molecule has 0 saturated carbocycles. The Morgan fingerprint density at radius 1 is 1.41 bits per heavy atom. The minimum atomic E-state index is 0.474. The first-order chi connectivity index (χ1) is 8.15. The SMILES string of the molecule is CCc1ccc(C(C)C)c(C2CCNC2)c1O. The van der Waals surface area contributed by atoms with Crippen LogP contribution in [0.1, 0.15) is 55.7 Å². The van der Waals surface area contributed by atoms with E-state index in [9.17, 15) is 5.11 Å². The molecule has 1 saturated heterocycles. The zero-order valence-corrected chi connectivity index (χ0v) is 11.1. The third kappa shape index (κ3) is 2.32. The molecule has 17 heavy (non-hydrogen) atoms. The summed E-state index contributed by atoms with van der Waals surface area (Å²) in [5.41, 5.74) is 3.59. The number of hydrogen-bond acceptors (Lipinski definition) is 2. The quantitative estimate of drug-likeness (QED) is 0.840. The van der Waals surface area contributed by atoms with Crippen molar-refractivity contribution in [3.8, 4) is 5.75 Å². The van der Waals surface area contributed by atoms with Crippen molar-refractivity contribution in [1.82, 2.24) is 5.32 Å². The number of phenolic OH excluding ortho intramolecular Hbond substituents is 1. The van der Waals surface area contributed by atoms with Crippen molar-refractivity contribution in [2.75, 3.05) is 13.1 Å². The van der Waals surface area contributed by atoms with Crippen molar-refractivity contribution < 1.29 is 5.11 Å². The third-order valence-electron chi connectivity index (χ3n) is 3.81. The molecule has 1 aliphatic rings. The van der Waals surface area contributed by atoms with Crippen molar-refractivity contribution in [1.29, 1.82) is 0 Å². The summed E-state index contributed by atoms with van der Waals surface area (Å²) in [6.45, 7) is 8.57. The summed E-state index contributed by atoms with van der Waals surface area (Å²) in [4.78, 5) is 0. The highest BCUT2D eigenvalue weighted by Crippen LogP contribution is 2.38. The van der Waals surface area contributed by atoms with Crippen molar-refractivity contribution in [2.45, 2.75) is 45.4 Å². The highest BCUT2D eigenvalue weighted by Gasteiger charge is 2.24. The Kier molecular flexibility index (Phi) is 3.72. The van der Waals surface area contributed by atoms with E-state index >= 15 is 0 Å². The Labute approximate surface area is 104 Å². The topological polar surface area (TPSA) is 32.3 Å². The number of aryl methyl sites for hydroxylation is 1. The zero-order chi connectivity index (χ0) is 12.4. The molecule has 1 atom stereocenters. The predicted octanol–water partition coefficient (Wildman–Crippen LogP) is 3.15. The number of phenols is 1. The lowest BCUT2D eigenvalue weighted by Crippen LogP contribution is -2.10. The second kappa shape index (κ2) is 5.09. The van der Waals surface area contributed by atoms with Gasteiger partial charge in [-0.1, -0.05) is 32.9 Å². The van der Waals surface area contributed by atoms with E-state index in [1.165, 1.54) is 11.1 Å². The number of nitrogens with one attached hydrogen (secondary N) is 1. The zero-order valence-electron chi connectivity index (χ0n) is 11.1. The summed E-state index contributed by atoms with van der Waals surface area (Å²) in [5.74, 6) is 1.51. The standard InChI is InChI=1S/C15H23NO/c1-4-11-5-6-13(10(2)3)14(15(11)17)12-7-8-16-9-12/h5-6,10,12,16-17H,4,7-9H2,1-3H3. The molecular weight excluding hydrogens is 210 g/mol. The summed E-state index contributed by atoms with van der Waals surface area (Å²) >= 11 is 0. The number of benzene rings is 1. The Morgan fingerprint density at radius 3 is 2.71 bits per heavy atom. The molecule has 1 unspecified atom stereocenters. The van der Waals surface area contributed by atoms with E-state index in [1.54, 1.807) is 0 Å². The van der Waals surface area contributed by atoms with E-state index in [1.807, 2.05) is 0 Å². The fourth-order valence-electron chi connectivity index (χ4n) is 2.79. The molecular formula is C15H23NO. The fourth-order valence-corrected chi connectivity index (χ4v) is 2.79. The highest BCUT2D eigenvalue weighted by atomic mass is 16.3. The van der Waals surface area contributed by atoms with E-state index in [0.717, 1.165) is 31.5 Å². The van der Waals surface area contributed by atoms with Crippen LogP contribution in [0.4, 0.5) is 0 Å². The van der Waals surface area contributed by atoms with Gasteiger partial charge in [-0.25, -0.2) is 0 Å². The Hall–Kier alpha value is -1.02. The molecule has 0 spiro atoms. The van der Waals surface area contributed by atoms with Crippen LogP contribution in [-0.4, -0.2) is 18.2 Å². The average molecular weight is 233 g/mol. The van der Waals surface area contributed by atoms with Crippen molar-refractivity contribution >= 4 is 0 Å². The van der Waals surface area contributed by atoms with Gasteiger partial charge in [0.15, 0.2) is 0 Å². The fraction of sp³-hybridized carbons (Fsp3) is 0.600. The largest absolute Gasteiger partial charge is 0.507 e. The molecule has 2 N–H and O–H groups in total. The molecule has 2 heteroatoms. The minimum absolute atomic E-state index is 0.474. The number of rotatable bonds is 3. The monoisotopic (exact) mass is 233 g/mol. The van der Waals surface area contributed by atoms with Crippen LogP contribution in [0.25, 0.3) is 0 Å². The first-order valence-corrected chi connectivity index (χ1v) is 6.70. The molecule has 0 aromatic heterocycles. The highest BCUT2D eigenvalue weighted by molar-refractivity contribution is 5.49. The lowest BCUT2D eigenvalue weighted by Gasteiger charge is -2.21. The van der Waals surface area contributed by atoms with Crippen molar-refractivity contribution in [3.63, 3.8) is 0 Å².